The van der Waals surface area contributed by atoms with Crippen LogP contribution in [0.3, 0.4) is 0 Å². The minimum Gasteiger partial charge on any atom is -0.456 e. The molecule has 0 atom stereocenters. The Morgan fingerprint density at radius 2 is 1.23 bits per heavy atom. The van der Waals surface area contributed by atoms with Crippen LogP contribution in [0.15, 0.2) is 139 Å². The van der Waals surface area contributed by atoms with Gasteiger partial charge < -0.3 is 4.74 Å². The number of para-hydroxylation sites is 1. The van der Waals surface area contributed by atoms with E-state index in [1.165, 1.54) is 21.9 Å². The molecule has 0 aliphatic carbocycles. The van der Waals surface area contributed by atoms with Gasteiger partial charge in [0, 0.05) is 42.4 Å². The summed E-state index contributed by atoms with van der Waals surface area (Å²) in [7, 11) is 1.08. The Morgan fingerprint density at radius 1 is 0.682 bits per heavy atom. The van der Waals surface area contributed by atoms with Gasteiger partial charge in [-0.25, -0.2) is 0 Å². The van der Waals surface area contributed by atoms with Crippen LogP contribution in [0.25, 0.3) is 22.6 Å². The number of hydrogen-bond donors (Lipinski definition) is 0. The molecule has 3 heteroatoms. The molecule has 226 valence electrons. The fourth-order valence-electron chi connectivity index (χ4n) is 4.48. The topological polar surface area (TPSA) is 9.23 Å². The zero-order valence-corrected chi connectivity index (χ0v) is 30.2. The first-order valence-corrected chi connectivity index (χ1v) is 17.0. The molecule has 0 fully saturated rings. The van der Waals surface area contributed by atoms with Gasteiger partial charge in [-0.05, 0) is 34.1 Å². The maximum absolute atomic E-state index is 6.47. The van der Waals surface area contributed by atoms with Gasteiger partial charge in [-0.3, -0.25) is 0 Å². The van der Waals surface area contributed by atoms with Crippen LogP contribution in [0.2, 0.25) is 13.1 Å². The Balaban J connectivity index is 0.000000431. The fraction of sp³-hybridized carbons (Fsp3) is 0.244. The maximum Gasteiger partial charge on any atom is 0.138 e. The van der Waals surface area contributed by atoms with Crippen LogP contribution < -0.4 is 4.74 Å². The maximum atomic E-state index is 6.47. The van der Waals surface area contributed by atoms with Crippen LogP contribution in [0.4, 0.5) is 0 Å². The van der Waals surface area contributed by atoms with E-state index in [9.17, 15) is 0 Å². The summed E-state index contributed by atoms with van der Waals surface area (Å²) in [5.74, 6) is 1.73. The second kappa shape index (κ2) is 17.9. The van der Waals surface area contributed by atoms with E-state index in [2.05, 4.69) is 158 Å². The van der Waals surface area contributed by atoms with E-state index in [0.29, 0.717) is 0 Å². The first-order chi connectivity index (χ1) is 20.5. The second-order valence-corrected chi connectivity index (χ2v) is 13.6. The molecule has 0 aromatic heterocycles. The standard InChI is InChI=1S/C30H34O.C9H7.C2H6Si.Ti/c1-29(2,3)25-20-17-23(18-21-25)19-22-27(30(4,5)6)28(24-13-9-7-10-14-24)31-26-15-11-8-12-16-26;1-2-5-9-7-3-6-8(9)4-1;1-3-2;/h7-22H,1-6H3;1-7H;1-2H3;/q;-1;;. The fourth-order valence-corrected chi connectivity index (χ4v) is 4.48. The molecule has 0 heterocycles. The van der Waals surface area contributed by atoms with Gasteiger partial charge in [-0.15, -0.1) is 29.7 Å². The average molecular weight is 632 g/mol. The molecule has 5 aromatic rings. The van der Waals surface area contributed by atoms with Crippen molar-refractivity contribution in [2.45, 2.75) is 60.1 Å². The number of hydrogen-bond acceptors (Lipinski definition) is 1. The first kappa shape index (κ1) is 36.9. The summed E-state index contributed by atoms with van der Waals surface area (Å²) in [4.78, 5) is 0. The summed E-state index contributed by atoms with van der Waals surface area (Å²) < 4.78 is 6.47. The monoisotopic (exact) mass is 631 g/mol. The molecule has 1 nitrogen and oxygen atoms in total. The third kappa shape index (κ3) is 11.7. The quantitative estimate of drug-likeness (QED) is 0.0812. The predicted octanol–water partition coefficient (Wildman–Crippen LogP) is 11.9. The van der Waals surface area contributed by atoms with Crippen molar-refractivity contribution in [2.24, 2.45) is 5.41 Å². The number of fused-ring (bicyclic) bond motifs is 1. The van der Waals surface area contributed by atoms with E-state index < -0.39 is 0 Å². The zero-order valence-electron chi connectivity index (χ0n) is 27.7. The molecule has 2 radical (unpaired) electrons. The summed E-state index contributed by atoms with van der Waals surface area (Å²) in [6, 6.07) is 43.9. The summed E-state index contributed by atoms with van der Waals surface area (Å²) >= 11 is 0. The molecule has 0 N–H and O–H groups in total. The van der Waals surface area contributed by atoms with Gasteiger partial charge in [0.25, 0.3) is 0 Å². The summed E-state index contributed by atoms with van der Waals surface area (Å²) in [5, 5.41) is 2.66. The molecule has 44 heavy (non-hydrogen) atoms. The Bertz CT molecular complexity index is 1540. The minimum absolute atomic E-state index is 0. The van der Waals surface area contributed by atoms with Gasteiger partial charge in [-0.2, -0.15) is 17.5 Å². The average Bonchev–Trinajstić information content (AvgIpc) is 3.47. The Labute approximate surface area is 284 Å². The van der Waals surface area contributed by atoms with Crippen LogP contribution >= 0.6 is 0 Å². The first-order valence-electron chi connectivity index (χ1n) is 15.0. The minimum atomic E-state index is -0.0954. The molecule has 0 saturated heterocycles. The molecular weight excluding hydrogens is 584 g/mol. The SMILES string of the molecule is CC(C)(C)C(C=Cc1ccc(C(C)(C)C)cc1)=C(Oc1ccccc1)c1ccccc1.C[Si]C.[Ti].c1ccc2[cH-]ccc2c1. The van der Waals surface area contributed by atoms with Gasteiger partial charge in [-0.1, -0.05) is 146 Å². The second-order valence-electron chi connectivity index (χ2n) is 12.6. The van der Waals surface area contributed by atoms with Crippen LogP contribution in [0.1, 0.15) is 58.2 Å². The number of rotatable bonds is 5. The Hall–Kier alpha value is -3.30. The number of benzene rings is 4. The van der Waals surface area contributed by atoms with E-state index in [4.69, 9.17) is 4.74 Å². The van der Waals surface area contributed by atoms with Crippen LogP contribution in [0, 0.1) is 5.41 Å². The molecule has 0 amide bonds. The molecule has 0 aliphatic heterocycles. The van der Waals surface area contributed by atoms with E-state index in [1.54, 1.807) is 0 Å². The van der Waals surface area contributed by atoms with Crippen molar-refractivity contribution in [2.75, 3.05) is 0 Å². The van der Waals surface area contributed by atoms with Crippen molar-refractivity contribution in [3.05, 3.63) is 156 Å². The van der Waals surface area contributed by atoms with Crippen molar-refractivity contribution < 1.29 is 26.5 Å². The molecule has 0 spiro atoms. The predicted molar refractivity (Wildman–Crippen MR) is 191 cm³/mol. The largest absolute Gasteiger partial charge is 0.456 e. The van der Waals surface area contributed by atoms with Crippen LogP contribution in [-0.4, -0.2) is 9.52 Å². The Morgan fingerprint density at radius 3 is 1.77 bits per heavy atom. The van der Waals surface area contributed by atoms with E-state index in [-0.39, 0.29) is 32.5 Å². The molecule has 0 unspecified atom stereocenters. The molecule has 5 aromatic carbocycles. The van der Waals surface area contributed by atoms with E-state index in [0.717, 1.165) is 32.2 Å². The molecule has 0 saturated carbocycles. The Kier molecular flexibility index (Phi) is 15.0. The van der Waals surface area contributed by atoms with E-state index in [1.807, 2.05) is 36.4 Å². The van der Waals surface area contributed by atoms with Crippen LogP contribution in [0.5, 0.6) is 5.75 Å². The molecule has 5 rings (SSSR count). The number of allylic oxidation sites excluding steroid dienone is 2. The van der Waals surface area contributed by atoms with Gasteiger partial charge >= 0.3 is 0 Å². The molecular formula is C41H47OSiTi-. The molecule has 0 aliphatic rings. The van der Waals surface area contributed by atoms with E-state index >= 15 is 0 Å². The van der Waals surface area contributed by atoms with Crippen molar-refractivity contribution in [1.29, 1.82) is 0 Å². The third-order valence-electron chi connectivity index (χ3n) is 6.82. The van der Waals surface area contributed by atoms with Crippen LogP contribution in [-0.2, 0) is 27.1 Å². The van der Waals surface area contributed by atoms with Gasteiger partial charge in [0.1, 0.15) is 11.5 Å². The summed E-state index contributed by atoms with van der Waals surface area (Å²) in [6.45, 7) is 17.7. The van der Waals surface area contributed by atoms with Gasteiger partial charge in [0.2, 0.25) is 0 Å². The van der Waals surface area contributed by atoms with Crippen molar-refractivity contribution >= 4 is 32.1 Å². The van der Waals surface area contributed by atoms with Gasteiger partial charge in [0.15, 0.2) is 0 Å². The summed E-state index contributed by atoms with van der Waals surface area (Å²) in [6.07, 6.45) is 4.39. The number of ether oxygens (including phenoxy) is 1. The normalized spacial score (nSPS) is 11.8. The zero-order chi connectivity index (χ0) is 31.3. The van der Waals surface area contributed by atoms with Crippen molar-refractivity contribution in [1.82, 2.24) is 0 Å². The smallest absolute Gasteiger partial charge is 0.138 e. The van der Waals surface area contributed by atoms with Crippen molar-refractivity contribution in [3.63, 3.8) is 0 Å². The van der Waals surface area contributed by atoms with Gasteiger partial charge in [0.05, 0.1) is 0 Å². The summed E-state index contributed by atoms with van der Waals surface area (Å²) in [5.41, 5.74) is 4.81. The third-order valence-corrected chi connectivity index (χ3v) is 6.82. The van der Waals surface area contributed by atoms with Crippen molar-refractivity contribution in [3.8, 4) is 5.75 Å². The molecule has 0 bridgehead atoms.